The summed E-state index contributed by atoms with van der Waals surface area (Å²) < 4.78 is 5.36. The van der Waals surface area contributed by atoms with Crippen molar-refractivity contribution in [1.29, 1.82) is 0 Å². The van der Waals surface area contributed by atoms with E-state index in [9.17, 15) is 0 Å². The first kappa shape index (κ1) is 10.3. The van der Waals surface area contributed by atoms with Crippen LogP contribution < -0.4 is 15.4 Å². The van der Waals surface area contributed by atoms with Crippen LogP contribution in [0.3, 0.4) is 0 Å². The molecular weight excluding hydrogens is 188 g/mol. The van der Waals surface area contributed by atoms with Crippen molar-refractivity contribution in [1.82, 2.24) is 5.32 Å². The van der Waals surface area contributed by atoms with E-state index in [0.29, 0.717) is 5.92 Å². The van der Waals surface area contributed by atoms with Crippen molar-refractivity contribution in [2.75, 3.05) is 32.6 Å². The number of methoxy groups -OCH3 is 1. The van der Waals surface area contributed by atoms with Gasteiger partial charge < -0.3 is 15.4 Å². The fourth-order valence-corrected chi connectivity index (χ4v) is 2.33. The lowest BCUT2D eigenvalue weighted by atomic mass is 9.96. The molecule has 1 aromatic rings. The van der Waals surface area contributed by atoms with Crippen LogP contribution in [0, 0.1) is 6.92 Å². The van der Waals surface area contributed by atoms with Gasteiger partial charge in [0.25, 0.3) is 0 Å². The molecule has 15 heavy (non-hydrogen) atoms. The molecule has 3 nitrogen and oxygen atoms in total. The van der Waals surface area contributed by atoms with E-state index in [1.807, 2.05) is 13.1 Å². The smallest absolute Gasteiger partial charge is 0.142 e. The quantitative estimate of drug-likeness (QED) is 0.790. The predicted octanol–water partition coefficient (Wildman–Crippen LogP) is 1.73. The van der Waals surface area contributed by atoms with Crippen LogP contribution in [0.15, 0.2) is 12.1 Å². The first-order valence-electron chi connectivity index (χ1n) is 5.34. The van der Waals surface area contributed by atoms with Gasteiger partial charge in [-0.3, -0.25) is 0 Å². The van der Waals surface area contributed by atoms with Gasteiger partial charge in [0.1, 0.15) is 5.75 Å². The summed E-state index contributed by atoms with van der Waals surface area (Å²) in [6, 6.07) is 4.16. The van der Waals surface area contributed by atoms with Gasteiger partial charge in [0.05, 0.1) is 12.8 Å². The van der Waals surface area contributed by atoms with Gasteiger partial charge in [0.2, 0.25) is 0 Å². The summed E-state index contributed by atoms with van der Waals surface area (Å²) in [6.07, 6.45) is 0. The minimum Gasteiger partial charge on any atom is -0.495 e. The Balaban J connectivity index is 2.42. The van der Waals surface area contributed by atoms with E-state index in [4.69, 9.17) is 4.74 Å². The van der Waals surface area contributed by atoms with E-state index < -0.39 is 0 Å². The number of hydrogen-bond acceptors (Lipinski definition) is 3. The van der Waals surface area contributed by atoms with Crippen molar-refractivity contribution in [3.63, 3.8) is 0 Å². The molecule has 0 fully saturated rings. The van der Waals surface area contributed by atoms with E-state index in [1.165, 1.54) is 16.8 Å². The lowest BCUT2D eigenvalue weighted by Crippen LogP contribution is -2.18. The maximum Gasteiger partial charge on any atom is 0.142 e. The molecule has 0 bridgehead atoms. The van der Waals surface area contributed by atoms with Gasteiger partial charge >= 0.3 is 0 Å². The Kier molecular flexibility index (Phi) is 2.82. The highest BCUT2D eigenvalue weighted by Gasteiger charge is 2.25. The lowest BCUT2D eigenvalue weighted by molar-refractivity contribution is 0.416. The van der Waals surface area contributed by atoms with Crippen molar-refractivity contribution >= 4 is 5.69 Å². The fraction of sp³-hybridized carbons (Fsp3) is 0.500. The Morgan fingerprint density at radius 1 is 1.53 bits per heavy atom. The molecule has 0 saturated heterocycles. The summed E-state index contributed by atoms with van der Waals surface area (Å²) in [5, 5.41) is 6.66. The van der Waals surface area contributed by atoms with Gasteiger partial charge in [0, 0.05) is 19.0 Å². The topological polar surface area (TPSA) is 33.3 Å². The normalized spacial score (nSPS) is 18.5. The second-order valence-electron chi connectivity index (χ2n) is 4.01. The first-order valence-corrected chi connectivity index (χ1v) is 5.34. The van der Waals surface area contributed by atoms with Crippen LogP contribution in [0.2, 0.25) is 0 Å². The van der Waals surface area contributed by atoms with E-state index >= 15 is 0 Å². The van der Waals surface area contributed by atoms with Gasteiger partial charge in [0.15, 0.2) is 0 Å². The molecule has 0 aliphatic carbocycles. The van der Waals surface area contributed by atoms with E-state index in [2.05, 4.69) is 23.6 Å². The second kappa shape index (κ2) is 4.11. The highest BCUT2D eigenvalue weighted by atomic mass is 16.5. The Labute approximate surface area is 90.8 Å². The molecule has 0 radical (unpaired) electrons. The third-order valence-electron chi connectivity index (χ3n) is 3.03. The van der Waals surface area contributed by atoms with Crippen molar-refractivity contribution in [2.45, 2.75) is 12.8 Å². The van der Waals surface area contributed by atoms with Gasteiger partial charge in [-0.05, 0) is 31.2 Å². The van der Waals surface area contributed by atoms with Gasteiger partial charge in [-0.1, -0.05) is 6.07 Å². The summed E-state index contributed by atoms with van der Waals surface area (Å²) in [5.74, 6) is 1.51. The van der Waals surface area contributed by atoms with Crippen molar-refractivity contribution in [3.8, 4) is 5.75 Å². The Hall–Kier alpha value is -1.22. The molecule has 2 rings (SSSR count). The van der Waals surface area contributed by atoms with E-state index in [1.54, 1.807) is 7.11 Å². The molecule has 1 atom stereocenters. The largest absolute Gasteiger partial charge is 0.495 e. The van der Waals surface area contributed by atoms with Crippen LogP contribution in [0.1, 0.15) is 17.0 Å². The number of anilines is 1. The number of ether oxygens (including phenoxy) is 1. The van der Waals surface area contributed by atoms with Crippen LogP contribution in [0.4, 0.5) is 5.69 Å². The summed E-state index contributed by atoms with van der Waals surface area (Å²) >= 11 is 0. The Morgan fingerprint density at radius 3 is 3.00 bits per heavy atom. The second-order valence-corrected chi connectivity index (χ2v) is 4.01. The van der Waals surface area contributed by atoms with E-state index in [0.717, 1.165) is 18.8 Å². The minimum atomic E-state index is 0.556. The predicted molar refractivity (Wildman–Crippen MR) is 62.9 cm³/mol. The molecule has 0 spiro atoms. The third kappa shape index (κ3) is 1.67. The van der Waals surface area contributed by atoms with Crippen LogP contribution in [-0.4, -0.2) is 27.2 Å². The highest BCUT2D eigenvalue weighted by molar-refractivity contribution is 5.69. The summed E-state index contributed by atoms with van der Waals surface area (Å²) in [7, 11) is 3.71. The number of rotatable bonds is 3. The monoisotopic (exact) mass is 206 g/mol. The molecule has 1 aromatic carbocycles. The van der Waals surface area contributed by atoms with Crippen molar-refractivity contribution in [2.24, 2.45) is 0 Å². The van der Waals surface area contributed by atoms with E-state index in [-0.39, 0.29) is 0 Å². The Bertz CT molecular complexity index is 363. The minimum absolute atomic E-state index is 0.556. The Morgan fingerprint density at radius 2 is 2.33 bits per heavy atom. The molecule has 82 valence electrons. The van der Waals surface area contributed by atoms with Crippen LogP contribution in [0.25, 0.3) is 0 Å². The van der Waals surface area contributed by atoms with Crippen LogP contribution in [0.5, 0.6) is 5.75 Å². The van der Waals surface area contributed by atoms with Crippen LogP contribution >= 0.6 is 0 Å². The average molecular weight is 206 g/mol. The van der Waals surface area contributed by atoms with Gasteiger partial charge in [-0.25, -0.2) is 0 Å². The molecule has 1 heterocycles. The average Bonchev–Trinajstić information content (AvgIpc) is 2.64. The molecule has 2 N–H and O–H groups in total. The molecule has 0 aromatic heterocycles. The number of nitrogens with one attached hydrogen (secondary N) is 2. The standard InChI is InChI=1S/C12H18N2O/c1-8-4-5-10(15-3)12-11(8)9(6-13-2)7-14-12/h4-5,9,13-14H,6-7H2,1-3H3. The maximum atomic E-state index is 5.36. The third-order valence-corrected chi connectivity index (χ3v) is 3.03. The summed E-state index contributed by atoms with van der Waals surface area (Å²) in [4.78, 5) is 0. The molecule has 1 unspecified atom stereocenters. The zero-order valence-corrected chi connectivity index (χ0v) is 9.55. The van der Waals surface area contributed by atoms with Crippen molar-refractivity contribution < 1.29 is 4.74 Å². The summed E-state index contributed by atoms with van der Waals surface area (Å²) in [6.45, 7) is 4.17. The molecule has 0 amide bonds. The zero-order chi connectivity index (χ0) is 10.8. The maximum absolute atomic E-state index is 5.36. The molecule has 0 saturated carbocycles. The molecule has 3 heteroatoms. The number of hydrogen-bond donors (Lipinski definition) is 2. The van der Waals surface area contributed by atoms with Crippen molar-refractivity contribution in [3.05, 3.63) is 23.3 Å². The lowest BCUT2D eigenvalue weighted by Gasteiger charge is -2.13. The zero-order valence-electron chi connectivity index (χ0n) is 9.55. The molecule has 1 aliphatic rings. The SMILES string of the molecule is CNCC1CNc2c(OC)ccc(C)c21. The number of likely N-dealkylation sites (N-methyl/N-ethyl adjacent to an activating group) is 1. The van der Waals surface area contributed by atoms with Gasteiger partial charge in [-0.15, -0.1) is 0 Å². The summed E-state index contributed by atoms with van der Waals surface area (Å²) in [5.41, 5.74) is 3.93. The number of aryl methyl sites for hydroxylation is 1. The number of fused-ring (bicyclic) bond motifs is 1. The molecular formula is C12H18N2O. The molecule has 1 aliphatic heterocycles. The fourth-order valence-electron chi connectivity index (χ4n) is 2.33. The first-order chi connectivity index (χ1) is 7.27. The number of benzene rings is 1. The highest BCUT2D eigenvalue weighted by Crippen LogP contribution is 2.40. The van der Waals surface area contributed by atoms with Gasteiger partial charge in [-0.2, -0.15) is 0 Å². The van der Waals surface area contributed by atoms with Crippen LogP contribution in [-0.2, 0) is 0 Å².